The van der Waals surface area contributed by atoms with Gasteiger partial charge >= 0.3 is 0 Å². The summed E-state index contributed by atoms with van der Waals surface area (Å²) in [5, 5.41) is 2.46. The largest absolute Gasteiger partial charge is 0.244 e. The van der Waals surface area contributed by atoms with Gasteiger partial charge in [0, 0.05) is 17.0 Å². The van der Waals surface area contributed by atoms with Crippen molar-refractivity contribution in [2.24, 2.45) is 0 Å². The molecule has 0 unspecified atom stereocenters. The summed E-state index contributed by atoms with van der Waals surface area (Å²) in [6.07, 6.45) is 1.48. The van der Waals surface area contributed by atoms with Crippen LogP contribution < -0.4 is 0 Å². The van der Waals surface area contributed by atoms with Gasteiger partial charge in [0.25, 0.3) is 0 Å². The van der Waals surface area contributed by atoms with Crippen molar-refractivity contribution in [3.63, 3.8) is 0 Å². The number of sulfone groups is 1. The average molecular weight is 219 g/mol. The van der Waals surface area contributed by atoms with Crippen LogP contribution >= 0.6 is 0 Å². The molecule has 1 aromatic carbocycles. The molecule has 0 bridgehead atoms. The lowest BCUT2D eigenvalue weighted by Crippen LogP contribution is -1.99. The Bertz CT molecular complexity index is 612. The minimum atomic E-state index is -3.47. The molecule has 2 rings (SSSR count). The molecule has 4 heteroatoms. The van der Waals surface area contributed by atoms with Crippen molar-refractivity contribution >= 4 is 20.6 Å². The Morgan fingerprint density at radius 2 is 1.93 bits per heavy atom. The third-order valence-corrected chi connectivity index (χ3v) is 3.43. The van der Waals surface area contributed by atoms with Crippen LogP contribution in [-0.2, 0) is 9.84 Å². The van der Waals surface area contributed by atoms with Gasteiger partial charge < -0.3 is 0 Å². The first-order valence-corrected chi connectivity index (χ1v) is 5.91. The number of hydrogen-bond donors (Lipinski definition) is 0. The second-order valence-corrected chi connectivity index (χ2v) is 4.86. The third-order valence-electron chi connectivity index (χ3n) is 2.13. The van der Waals surface area contributed by atoms with E-state index in [9.17, 15) is 8.42 Å². The average Bonchev–Trinajstić information content (AvgIpc) is 2.28. The summed E-state index contributed by atoms with van der Waals surface area (Å²) in [4.78, 5) is 3.89. The van der Waals surface area contributed by atoms with E-state index in [0.717, 1.165) is 10.8 Å². The van der Waals surface area contributed by atoms with Crippen molar-refractivity contribution in [1.82, 2.24) is 4.98 Å². The molecule has 2 aromatic rings. The van der Waals surface area contributed by atoms with E-state index in [2.05, 4.69) is 11.6 Å². The van der Waals surface area contributed by atoms with Crippen molar-refractivity contribution in [1.29, 1.82) is 0 Å². The van der Waals surface area contributed by atoms with Gasteiger partial charge in [-0.15, -0.1) is 0 Å². The number of rotatable bonds is 2. The Hall–Kier alpha value is -1.68. The highest BCUT2D eigenvalue weighted by Crippen LogP contribution is 2.21. The summed E-state index contributed by atoms with van der Waals surface area (Å²) >= 11 is 0. The zero-order valence-electron chi connectivity index (χ0n) is 7.92. The van der Waals surface area contributed by atoms with E-state index >= 15 is 0 Å². The van der Waals surface area contributed by atoms with E-state index in [0.29, 0.717) is 5.39 Å². The second kappa shape index (κ2) is 3.47. The Morgan fingerprint density at radius 1 is 1.20 bits per heavy atom. The van der Waals surface area contributed by atoms with Crippen molar-refractivity contribution in [3.8, 4) is 0 Å². The smallest absolute Gasteiger partial charge is 0.217 e. The highest BCUT2D eigenvalue weighted by Gasteiger charge is 2.14. The van der Waals surface area contributed by atoms with Gasteiger partial charge in [-0.25, -0.2) is 13.4 Å². The number of fused-ring (bicyclic) bond motifs is 1. The quantitative estimate of drug-likeness (QED) is 0.777. The van der Waals surface area contributed by atoms with Gasteiger partial charge in [0.15, 0.2) is 5.03 Å². The summed E-state index contributed by atoms with van der Waals surface area (Å²) in [6.45, 7) is 3.29. The zero-order chi connectivity index (χ0) is 10.9. The van der Waals surface area contributed by atoms with Crippen LogP contribution in [-0.4, -0.2) is 13.4 Å². The fourth-order valence-electron chi connectivity index (χ4n) is 1.40. The van der Waals surface area contributed by atoms with Gasteiger partial charge in [0.05, 0.1) is 0 Å². The summed E-state index contributed by atoms with van der Waals surface area (Å²) in [6, 6.07) is 8.99. The van der Waals surface area contributed by atoms with Gasteiger partial charge in [0.2, 0.25) is 9.84 Å². The summed E-state index contributed by atoms with van der Waals surface area (Å²) in [5.41, 5.74) is 0. The van der Waals surface area contributed by atoms with E-state index in [4.69, 9.17) is 0 Å². The molecule has 0 fully saturated rings. The SMILES string of the molecule is C=CS(=O)(=O)c1nccc2ccccc12. The van der Waals surface area contributed by atoms with Crippen molar-refractivity contribution in [2.45, 2.75) is 5.03 Å². The number of pyridine rings is 1. The molecule has 0 atom stereocenters. The first-order valence-electron chi connectivity index (χ1n) is 4.36. The number of aromatic nitrogens is 1. The molecule has 0 saturated carbocycles. The van der Waals surface area contributed by atoms with Gasteiger partial charge in [-0.1, -0.05) is 30.8 Å². The van der Waals surface area contributed by atoms with Crippen molar-refractivity contribution < 1.29 is 8.42 Å². The molecule has 0 saturated heterocycles. The topological polar surface area (TPSA) is 47.0 Å². The molecule has 76 valence electrons. The van der Waals surface area contributed by atoms with Crippen LogP contribution in [0.25, 0.3) is 10.8 Å². The maximum atomic E-state index is 11.6. The first-order chi connectivity index (χ1) is 7.15. The standard InChI is InChI=1S/C11H9NO2S/c1-2-15(13,14)11-10-6-4-3-5-9(10)7-8-12-11/h2-8H,1H2. The maximum Gasteiger partial charge on any atom is 0.217 e. The van der Waals surface area contributed by atoms with Gasteiger partial charge in [-0.2, -0.15) is 0 Å². The van der Waals surface area contributed by atoms with E-state index in [1.165, 1.54) is 6.20 Å². The molecular weight excluding hydrogens is 210 g/mol. The number of nitrogens with zero attached hydrogens (tertiary/aromatic N) is 1. The van der Waals surface area contributed by atoms with Crippen molar-refractivity contribution in [3.05, 3.63) is 48.5 Å². The zero-order valence-corrected chi connectivity index (χ0v) is 8.74. The van der Waals surface area contributed by atoms with Crippen LogP contribution in [0.1, 0.15) is 0 Å². The number of benzene rings is 1. The minimum Gasteiger partial charge on any atom is -0.244 e. The third kappa shape index (κ3) is 1.64. The summed E-state index contributed by atoms with van der Waals surface area (Å²) in [7, 11) is -3.47. The molecule has 1 aromatic heterocycles. The van der Waals surface area contributed by atoms with Crippen LogP contribution in [0.5, 0.6) is 0 Å². The summed E-state index contributed by atoms with van der Waals surface area (Å²) < 4.78 is 23.3. The first kappa shape index (κ1) is 9.86. The van der Waals surface area contributed by atoms with Gasteiger partial charge in [-0.05, 0) is 11.5 Å². The molecule has 0 N–H and O–H groups in total. The molecule has 0 aliphatic heterocycles. The van der Waals surface area contributed by atoms with Crippen LogP contribution in [0.15, 0.2) is 53.5 Å². The van der Waals surface area contributed by atoms with E-state index in [1.807, 2.05) is 12.1 Å². The Kier molecular flexibility index (Phi) is 2.28. The molecule has 3 nitrogen and oxygen atoms in total. The maximum absolute atomic E-state index is 11.6. The molecule has 0 spiro atoms. The predicted molar refractivity (Wildman–Crippen MR) is 59.1 cm³/mol. The minimum absolute atomic E-state index is 0.0654. The number of hydrogen-bond acceptors (Lipinski definition) is 3. The lowest BCUT2D eigenvalue weighted by molar-refractivity contribution is 0.602. The Morgan fingerprint density at radius 3 is 2.67 bits per heavy atom. The van der Waals surface area contributed by atoms with Gasteiger partial charge in [0.1, 0.15) is 0 Å². The Labute approximate surface area is 88.0 Å². The van der Waals surface area contributed by atoms with Crippen LogP contribution in [0, 0.1) is 0 Å². The fraction of sp³-hybridized carbons (Fsp3) is 0. The molecule has 0 radical (unpaired) electrons. The molecule has 1 heterocycles. The molecule has 0 aliphatic carbocycles. The van der Waals surface area contributed by atoms with Crippen molar-refractivity contribution in [2.75, 3.05) is 0 Å². The fourth-order valence-corrected chi connectivity index (χ4v) is 2.26. The molecule has 15 heavy (non-hydrogen) atoms. The lowest BCUT2D eigenvalue weighted by atomic mass is 10.2. The van der Waals surface area contributed by atoms with E-state index in [-0.39, 0.29) is 5.03 Å². The van der Waals surface area contributed by atoms with Crippen LogP contribution in [0.2, 0.25) is 0 Å². The Balaban J connectivity index is 2.89. The lowest BCUT2D eigenvalue weighted by Gasteiger charge is -2.02. The molecular formula is C11H9NO2S. The molecule has 0 amide bonds. The summed E-state index contributed by atoms with van der Waals surface area (Å²) in [5.74, 6) is 0. The van der Waals surface area contributed by atoms with E-state index in [1.54, 1.807) is 18.2 Å². The normalized spacial score (nSPS) is 11.5. The van der Waals surface area contributed by atoms with Crippen LogP contribution in [0.3, 0.4) is 0 Å². The van der Waals surface area contributed by atoms with Crippen LogP contribution in [0.4, 0.5) is 0 Å². The predicted octanol–water partition coefficient (Wildman–Crippen LogP) is 2.15. The molecule has 0 aliphatic rings. The highest BCUT2D eigenvalue weighted by atomic mass is 32.2. The van der Waals surface area contributed by atoms with E-state index < -0.39 is 9.84 Å². The highest BCUT2D eigenvalue weighted by molar-refractivity contribution is 7.94. The second-order valence-electron chi connectivity index (χ2n) is 3.05. The van der Waals surface area contributed by atoms with Gasteiger partial charge in [-0.3, -0.25) is 0 Å². The monoisotopic (exact) mass is 219 g/mol.